The second kappa shape index (κ2) is 5.95. The molecule has 1 N–H and O–H groups in total. The van der Waals surface area contributed by atoms with Crippen LogP contribution in [0.4, 0.5) is 13.2 Å². The molecule has 0 aliphatic heterocycles. The lowest BCUT2D eigenvalue weighted by molar-refractivity contribution is -0.137. The second-order valence-electron chi connectivity index (χ2n) is 5.61. The van der Waals surface area contributed by atoms with Gasteiger partial charge in [0.25, 0.3) is 0 Å². The van der Waals surface area contributed by atoms with Crippen molar-refractivity contribution in [2.75, 3.05) is 6.54 Å². The third-order valence-electron chi connectivity index (χ3n) is 3.85. The fourth-order valence-electron chi connectivity index (χ4n) is 2.74. The van der Waals surface area contributed by atoms with Crippen LogP contribution in [0.2, 0.25) is 0 Å². The molecule has 1 aliphatic carbocycles. The summed E-state index contributed by atoms with van der Waals surface area (Å²) in [4.78, 5) is 0. The Balaban J connectivity index is 1.77. The predicted molar refractivity (Wildman–Crippen MR) is 69.7 cm³/mol. The van der Waals surface area contributed by atoms with Crippen molar-refractivity contribution in [2.24, 2.45) is 11.8 Å². The van der Waals surface area contributed by atoms with Gasteiger partial charge in [0.05, 0.1) is 5.56 Å². The number of benzene rings is 1. The van der Waals surface area contributed by atoms with Gasteiger partial charge in [-0.05, 0) is 48.9 Å². The van der Waals surface area contributed by atoms with Crippen LogP contribution in [-0.2, 0) is 12.7 Å². The van der Waals surface area contributed by atoms with E-state index >= 15 is 0 Å². The maximum atomic E-state index is 12.4. The van der Waals surface area contributed by atoms with E-state index in [-0.39, 0.29) is 0 Å². The Kier molecular flexibility index (Phi) is 4.50. The Hall–Kier alpha value is -1.03. The lowest BCUT2D eigenvalue weighted by Gasteiger charge is -2.12. The van der Waals surface area contributed by atoms with E-state index in [1.807, 2.05) is 0 Å². The Morgan fingerprint density at radius 1 is 1.16 bits per heavy atom. The van der Waals surface area contributed by atoms with Crippen molar-refractivity contribution in [1.82, 2.24) is 5.32 Å². The second-order valence-corrected chi connectivity index (χ2v) is 5.61. The van der Waals surface area contributed by atoms with Crippen molar-refractivity contribution < 1.29 is 13.2 Å². The fraction of sp³-hybridized carbons (Fsp3) is 0.600. The van der Waals surface area contributed by atoms with Gasteiger partial charge in [0.2, 0.25) is 0 Å². The topological polar surface area (TPSA) is 12.0 Å². The van der Waals surface area contributed by atoms with E-state index < -0.39 is 11.7 Å². The molecule has 0 aromatic heterocycles. The predicted octanol–water partition coefficient (Wildman–Crippen LogP) is 4.23. The minimum Gasteiger partial charge on any atom is -0.312 e. The first kappa shape index (κ1) is 14.4. The third-order valence-corrected chi connectivity index (χ3v) is 3.85. The molecule has 2 rings (SSSR count). The van der Waals surface area contributed by atoms with Crippen molar-refractivity contribution in [2.45, 2.75) is 38.9 Å². The summed E-state index contributed by atoms with van der Waals surface area (Å²) in [6, 6.07) is 5.39. The largest absolute Gasteiger partial charge is 0.416 e. The average molecular weight is 271 g/mol. The minimum absolute atomic E-state index is 0.583. The van der Waals surface area contributed by atoms with E-state index in [0.29, 0.717) is 6.54 Å². The molecule has 2 atom stereocenters. The molecule has 1 fully saturated rings. The monoisotopic (exact) mass is 271 g/mol. The molecule has 1 aromatic rings. The fourth-order valence-corrected chi connectivity index (χ4v) is 2.74. The molecule has 0 bridgehead atoms. The molecule has 0 spiro atoms. The van der Waals surface area contributed by atoms with Crippen LogP contribution in [0.3, 0.4) is 0 Å². The molecule has 1 nitrogen and oxygen atoms in total. The maximum Gasteiger partial charge on any atom is 0.416 e. The first-order valence-electron chi connectivity index (χ1n) is 6.82. The van der Waals surface area contributed by atoms with Gasteiger partial charge in [-0.25, -0.2) is 0 Å². The summed E-state index contributed by atoms with van der Waals surface area (Å²) in [6.07, 6.45) is -0.417. The summed E-state index contributed by atoms with van der Waals surface area (Å²) >= 11 is 0. The SMILES string of the molecule is CC1CCC(CNCc2ccc(C(F)(F)F)cc2)C1. The first-order chi connectivity index (χ1) is 8.95. The van der Waals surface area contributed by atoms with Crippen LogP contribution in [0, 0.1) is 11.8 Å². The molecule has 106 valence electrons. The van der Waals surface area contributed by atoms with Gasteiger partial charge in [-0.1, -0.05) is 25.5 Å². The standard InChI is InChI=1S/C15H20F3N/c1-11-2-3-13(8-11)10-19-9-12-4-6-14(7-5-12)15(16,17)18/h4-7,11,13,19H,2-3,8-10H2,1H3. The van der Waals surface area contributed by atoms with Crippen LogP contribution in [0.15, 0.2) is 24.3 Å². The number of rotatable bonds is 4. The van der Waals surface area contributed by atoms with E-state index in [1.165, 1.54) is 19.3 Å². The van der Waals surface area contributed by atoms with Gasteiger partial charge in [0, 0.05) is 6.54 Å². The molecule has 1 aromatic carbocycles. The number of nitrogens with one attached hydrogen (secondary N) is 1. The summed E-state index contributed by atoms with van der Waals surface area (Å²) in [6.45, 7) is 3.88. The molecule has 2 unspecified atom stereocenters. The summed E-state index contributed by atoms with van der Waals surface area (Å²) in [5.41, 5.74) is 0.319. The van der Waals surface area contributed by atoms with Crippen LogP contribution in [0.1, 0.15) is 37.3 Å². The van der Waals surface area contributed by atoms with Crippen LogP contribution in [-0.4, -0.2) is 6.54 Å². The molecule has 0 saturated heterocycles. The smallest absolute Gasteiger partial charge is 0.312 e. The Morgan fingerprint density at radius 2 is 1.84 bits per heavy atom. The van der Waals surface area contributed by atoms with E-state index in [4.69, 9.17) is 0 Å². The number of hydrogen-bond donors (Lipinski definition) is 1. The molecule has 1 aliphatic rings. The van der Waals surface area contributed by atoms with Gasteiger partial charge in [-0.2, -0.15) is 13.2 Å². The van der Waals surface area contributed by atoms with Crippen LogP contribution in [0.5, 0.6) is 0 Å². The molecular formula is C15H20F3N. The Bertz CT molecular complexity index is 397. The molecule has 0 amide bonds. The van der Waals surface area contributed by atoms with Crippen molar-refractivity contribution in [3.05, 3.63) is 35.4 Å². The molecule has 0 heterocycles. The highest BCUT2D eigenvalue weighted by Crippen LogP contribution is 2.30. The van der Waals surface area contributed by atoms with E-state index in [2.05, 4.69) is 12.2 Å². The maximum absolute atomic E-state index is 12.4. The third kappa shape index (κ3) is 4.23. The van der Waals surface area contributed by atoms with Crippen molar-refractivity contribution in [1.29, 1.82) is 0 Å². The molecule has 0 radical (unpaired) electrons. The van der Waals surface area contributed by atoms with Gasteiger partial charge < -0.3 is 5.32 Å². The molecule has 4 heteroatoms. The normalized spacial score (nSPS) is 23.8. The van der Waals surface area contributed by atoms with Crippen molar-refractivity contribution in [3.63, 3.8) is 0 Å². The van der Waals surface area contributed by atoms with Gasteiger partial charge >= 0.3 is 6.18 Å². The zero-order valence-electron chi connectivity index (χ0n) is 11.1. The van der Waals surface area contributed by atoms with Crippen LogP contribution >= 0.6 is 0 Å². The highest BCUT2D eigenvalue weighted by atomic mass is 19.4. The van der Waals surface area contributed by atoms with Gasteiger partial charge in [0.15, 0.2) is 0 Å². The molecular weight excluding hydrogens is 251 g/mol. The quantitative estimate of drug-likeness (QED) is 0.864. The van der Waals surface area contributed by atoms with Crippen molar-refractivity contribution >= 4 is 0 Å². The van der Waals surface area contributed by atoms with Crippen molar-refractivity contribution in [3.8, 4) is 0 Å². The number of halogens is 3. The van der Waals surface area contributed by atoms with Gasteiger partial charge in [0.1, 0.15) is 0 Å². The highest BCUT2D eigenvalue weighted by Gasteiger charge is 2.29. The Morgan fingerprint density at radius 3 is 2.37 bits per heavy atom. The lowest BCUT2D eigenvalue weighted by Crippen LogP contribution is -2.21. The lowest BCUT2D eigenvalue weighted by atomic mass is 10.1. The van der Waals surface area contributed by atoms with Gasteiger partial charge in [-0.3, -0.25) is 0 Å². The van der Waals surface area contributed by atoms with Crippen LogP contribution in [0.25, 0.3) is 0 Å². The van der Waals surface area contributed by atoms with E-state index in [0.717, 1.165) is 36.1 Å². The molecule has 19 heavy (non-hydrogen) atoms. The summed E-state index contributed by atoms with van der Waals surface area (Å²) in [7, 11) is 0. The number of hydrogen-bond acceptors (Lipinski definition) is 1. The summed E-state index contributed by atoms with van der Waals surface area (Å²) < 4.78 is 37.2. The highest BCUT2D eigenvalue weighted by molar-refractivity contribution is 5.24. The van der Waals surface area contributed by atoms with Crippen LogP contribution < -0.4 is 5.32 Å². The average Bonchev–Trinajstić information content (AvgIpc) is 2.75. The number of alkyl halides is 3. The zero-order chi connectivity index (χ0) is 13.9. The minimum atomic E-state index is -4.24. The molecule has 1 saturated carbocycles. The van der Waals surface area contributed by atoms with E-state index in [9.17, 15) is 13.2 Å². The zero-order valence-corrected chi connectivity index (χ0v) is 11.1. The Labute approximate surface area is 112 Å². The van der Waals surface area contributed by atoms with Gasteiger partial charge in [-0.15, -0.1) is 0 Å². The first-order valence-corrected chi connectivity index (χ1v) is 6.82. The van der Waals surface area contributed by atoms with E-state index in [1.54, 1.807) is 12.1 Å². The summed E-state index contributed by atoms with van der Waals surface area (Å²) in [5, 5.41) is 3.34. The summed E-state index contributed by atoms with van der Waals surface area (Å²) in [5.74, 6) is 1.54.